The Balaban J connectivity index is 2.79. The second-order valence-corrected chi connectivity index (χ2v) is 5.92. The van der Waals surface area contributed by atoms with Crippen molar-refractivity contribution in [2.24, 2.45) is 5.92 Å². The molecule has 0 radical (unpaired) electrons. The summed E-state index contributed by atoms with van der Waals surface area (Å²) >= 11 is 0. The highest BCUT2D eigenvalue weighted by Gasteiger charge is 2.31. The number of benzene rings is 1. The van der Waals surface area contributed by atoms with Crippen LogP contribution in [0.4, 0.5) is 13.2 Å². The molecule has 1 amide bonds. The van der Waals surface area contributed by atoms with E-state index in [1.54, 1.807) is 26.8 Å². The lowest BCUT2D eigenvalue weighted by atomic mass is 9.90. The zero-order chi connectivity index (χ0) is 18.5. The third-order valence-corrected chi connectivity index (χ3v) is 3.46. The average molecular weight is 340 g/mol. The summed E-state index contributed by atoms with van der Waals surface area (Å²) in [5.74, 6) is -3.02. The highest BCUT2D eigenvalue weighted by molar-refractivity contribution is 6.04. The van der Waals surface area contributed by atoms with Gasteiger partial charge in [-0.25, -0.2) is 0 Å². The van der Waals surface area contributed by atoms with Gasteiger partial charge in [0.05, 0.1) is 11.6 Å². The molecule has 2 atom stereocenters. The third-order valence-electron chi connectivity index (χ3n) is 3.46. The standard InChI is InChI=1S/C17H19F3N2O2/c1-10(2)22-16(24)14(9-21)15(23)8-11(3)12-4-6-13(7-5-12)17(18,19)20/h4-7,10-11,14H,8H2,1-3H3,(H,22,24)/t11-,14+/m0/s1. The summed E-state index contributed by atoms with van der Waals surface area (Å²) in [6.45, 7) is 5.08. The minimum Gasteiger partial charge on any atom is -0.352 e. The van der Waals surface area contributed by atoms with E-state index < -0.39 is 35.3 Å². The van der Waals surface area contributed by atoms with Gasteiger partial charge >= 0.3 is 6.18 Å². The van der Waals surface area contributed by atoms with Gasteiger partial charge in [0.25, 0.3) is 0 Å². The highest BCUT2D eigenvalue weighted by atomic mass is 19.4. The van der Waals surface area contributed by atoms with Gasteiger partial charge in [-0.2, -0.15) is 18.4 Å². The highest BCUT2D eigenvalue weighted by Crippen LogP contribution is 2.30. The lowest BCUT2D eigenvalue weighted by molar-refractivity contribution is -0.137. The van der Waals surface area contributed by atoms with Gasteiger partial charge in [0.2, 0.25) is 5.91 Å². The molecule has 7 heteroatoms. The van der Waals surface area contributed by atoms with Gasteiger partial charge in [0, 0.05) is 12.5 Å². The topological polar surface area (TPSA) is 70.0 Å². The summed E-state index contributed by atoms with van der Waals surface area (Å²) in [5.41, 5.74) is -0.228. The molecular weight excluding hydrogens is 321 g/mol. The van der Waals surface area contributed by atoms with E-state index >= 15 is 0 Å². The molecule has 1 aromatic carbocycles. The quantitative estimate of drug-likeness (QED) is 0.807. The summed E-state index contributed by atoms with van der Waals surface area (Å²) in [4.78, 5) is 24.0. The van der Waals surface area contributed by atoms with Crippen LogP contribution in [0.15, 0.2) is 24.3 Å². The van der Waals surface area contributed by atoms with Crippen LogP contribution >= 0.6 is 0 Å². The molecule has 0 bridgehead atoms. The summed E-state index contributed by atoms with van der Waals surface area (Å²) in [7, 11) is 0. The first kappa shape index (κ1) is 19.7. The van der Waals surface area contributed by atoms with E-state index in [2.05, 4.69) is 5.32 Å². The number of halogens is 3. The normalized spacial score (nSPS) is 13.9. The van der Waals surface area contributed by atoms with E-state index in [1.807, 2.05) is 0 Å². The Kier molecular flexibility index (Phi) is 6.52. The monoisotopic (exact) mass is 340 g/mol. The van der Waals surface area contributed by atoms with Crippen LogP contribution in [0.1, 0.15) is 44.2 Å². The summed E-state index contributed by atoms with van der Waals surface area (Å²) < 4.78 is 37.6. The van der Waals surface area contributed by atoms with Crippen LogP contribution in [0.2, 0.25) is 0 Å². The number of hydrogen-bond donors (Lipinski definition) is 1. The zero-order valence-corrected chi connectivity index (χ0v) is 13.6. The molecule has 24 heavy (non-hydrogen) atoms. The molecule has 130 valence electrons. The Morgan fingerprint density at radius 3 is 2.12 bits per heavy atom. The molecule has 0 saturated heterocycles. The molecule has 0 heterocycles. The summed E-state index contributed by atoms with van der Waals surface area (Å²) in [6, 6.07) is 5.98. The van der Waals surface area contributed by atoms with Crippen LogP contribution in [0.25, 0.3) is 0 Å². The van der Waals surface area contributed by atoms with Crippen LogP contribution < -0.4 is 5.32 Å². The molecule has 1 N–H and O–H groups in total. The first-order chi connectivity index (χ1) is 11.1. The Morgan fingerprint density at radius 1 is 1.17 bits per heavy atom. The number of rotatable bonds is 6. The molecule has 1 rings (SSSR count). The minimum atomic E-state index is -4.42. The molecule has 4 nitrogen and oxygen atoms in total. The number of amides is 1. The SMILES string of the molecule is CC(C)NC(=O)[C@H](C#N)C(=O)C[C@H](C)c1ccc(C(F)(F)F)cc1. The predicted octanol–water partition coefficient (Wildman–Crippen LogP) is 3.43. The maximum atomic E-state index is 12.5. The Labute approximate surface area is 138 Å². The van der Waals surface area contributed by atoms with E-state index in [1.165, 1.54) is 12.1 Å². The van der Waals surface area contributed by atoms with Gasteiger partial charge in [0.15, 0.2) is 11.7 Å². The lowest BCUT2D eigenvalue weighted by Crippen LogP contribution is -2.38. The van der Waals surface area contributed by atoms with Crippen LogP contribution in [-0.4, -0.2) is 17.7 Å². The molecule has 0 aromatic heterocycles. The van der Waals surface area contributed by atoms with Crippen molar-refractivity contribution in [1.82, 2.24) is 5.32 Å². The Hall–Kier alpha value is -2.36. The number of carbonyl (C=O) groups excluding carboxylic acids is 2. The summed E-state index contributed by atoms with van der Waals surface area (Å²) in [5, 5.41) is 11.5. The second-order valence-electron chi connectivity index (χ2n) is 5.92. The van der Waals surface area contributed by atoms with Gasteiger partial charge in [-0.15, -0.1) is 0 Å². The van der Waals surface area contributed by atoms with Gasteiger partial charge in [-0.1, -0.05) is 19.1 Å². The molecule has 0 aliphatic heterocycles. The van der Waals surface area contributed by atoms with E-state index in [0.717, 1.165) is 12.1 Å². The van der Waals surface area contributed by atoms with Crippen molar-refractivity contribution >= 4 is 11.7 Å². The number of hydrogen-bond acceptors (Lipinski definition) is 3. The number of alkyl halides is 3. The Bertz CT molecular complexity index is 631. The van der Waals surface area contributed by atoms with Gasteiger partial charge < -0.3 is 5.32 Å². The fourth-order valence-corrected chi connectivity index (χ4v) is 2.18. The second kappa shape index (κ2) is 7.95. The van der Waals surface area contributed by atoms with Crippen molar-refractivity contribution in [3.63, 3.8) is 0 Å². The smallest absolute Gasteiger partial charge is 0.352 e. The fourth-order valence-electron chi connectivity index (χ4n) is 2.18. The van der Waals surface area contributed by atoms with Crippen molar-refractivity contribution in [3.8, 4) is 6.07 Å². The van der Waals surface area contributed by atoms with Crippen molar-refractivity contribution in [2.75, 3.05) is 0 Å². The van der Waals surface area contributed by atoms with Crippen LogP contribution in [0, 0.1) is 17.2 Å². The van der Waals surface area contributed by atoms with Crippen molar-refractivity contribution in [3.05, 3.63) is 35.4 Å². The van der Waals surface area contributed by atoms with Gasteiger partial charge in [0.1, 0.15) is 0 Å². The number of nitrogens with one attached hydrogen (secondary N) is 1. The molecule has 0 aliphatic carbocycles. The number of nitrogens with zero attached hydrogens (tertiary/aromatic N) is 1. The van der Waals surface area contributed by atoms with Crippen LogP contribution in [0.5, 0.6) is 0 Å². The predicted molar refractivity (Wildman–Crippen MR) is 81.9 cm³/mol. The number of ketones is 1. The molecule has 0 saturated carbocycles. The van der Waals surface area contributed by atoms with Crippen molar-refractivity contribution < 1.29 is 22.8 Å². The maximum absolute atomic E-state index is 12.5. The van der Waals surface area contributed by atoms with Gasteiger partial charge in [-0.3, -0.25) is 9.59 Å². The lowest BCUT2D eigenvalue weighted by Gasteiger charge is -2.16. The molecule has 0 aliphatic rings. The molecule has 0 unspecified atom stereocenters. The maximum Gasteiger partial charge on any atom is 0.416 e. The molecule has 1 aromatic rings. The van der Waals surface area contributed by atoms with Gasteiger partial charge in [-0.05, 0) is 37.5 Å². The first-order valence-corrected chi connectivity index (χ1v) is 7.46. The average Bonchev–Trinajstić information content (AvgIpc) is 2.46. The van der Waals surface area contributed by atoms with Crippen LogP contribution in [0.3, 0.4) is 0 Å². The fraction of sp³-hybridized carbons (Fsp3) is 0.471. The number of Topliss-reactive ketones (excluding diaryl/α,β-unsaturated/α-hetero) is 1. The molecule has 0 fully saturated rings. The zero-order valence-electron chi connectivity index (χ0n) is 13.6. The van der Waals surface area contributed by atoms with E-state index in [-0.39, 0.29) is 12.5 Å². The van der Waals surface area contributed by atoms with E-state index in [9.17, 15) is 22.8 Å². The molecule has 0 spiro atoms. The third kappa shape index (κ3) is 5.37. The largest absolute Gasteiger partial charge is 0.416 e. The van der Waals surface area contributed by atoms with E-state index in [0.29, 0.717) is 5.56 Å². The molecular formula is C17H19F3N2O2. The van der Waals surface area contributed by atoms with Crippen molar-refractivity contribution in [1.29, 1.82) is 5.26 Å². The first-order valence-electron chi connectivity index (χ1n) is 7.46. The van der Waals surface area contributed by atoms with Crippen molar-refractivity contribution in [2.45, 2.75) is 45.3 Å². The summed E-state index contributed by atoms with van der Waals surface area (Å²) in [6.07, 6.45) is -4.52. The van der Waals surface area contributed by atoms with Crippen LogP contribution in [-0.2, 0) is 15.8 Å². The van der Waals surface area contributed by atoms with E-state index in [4.69, 9.17) is 5.26 Å². The number of nitriles is 1. The Morgan fingerprint density at radius 2 is 1.71 bits per heavy atom. The number of carbonyl (C=O) groups is 2. The minimum absolute atomic E-state index is 0.102.